The molecule has 0 saturated heterocycles. The van der Waals surface area contributed by atoms with Gasteiger partial charge in [-0.3, -0.25) is 4.79 Å². The largest absolute Gasteiger partial charge is 0.493 e. The monoisotopic (exact) mass is 398 g/mol. The number of nitrogens with one attached hydrogen (secondary N) is 1. The lowest BCUT2D eigenvalue weighted by molar-refractivity contribution is -0.116. The van der Waals surface area contributed by atoms with Crippen LogP contribution in [0.25, 0.3) is 6.08 Å². The summed E-state index contributed by atoms with van der Waals surface area (Å²) in [6.45, 7) is 2.57. The summed E-state index contributed by atoms with van der Waals surface area (Å²) in [6.07, 6.45) is 3.22. The van der Waals surface area contributed by atoms with Gasteiger partial charge in [0.15, 0.2) is 11.5 Å². The maximum absolute atomic E-state index is 12.4. The number of nitrogens with zero attached hydrogens (tertiary/aromatic N) is 1. The van der Waals surface area contributed by atoms with E-state index in [1.54, 1.807) is 39.5 Å². The number of carbonyl (C=O) groups excluding carboxylic acids is 1. The minimum atomic E-state index is -0.169. The fourth-order valence-corrected chi connectivity index (χ4v) is 3.01. The van der Waals surface area contributed by atoms with E-state index >= 15 is 0 Å². The summed E-state index contributed by atoms with van der Waals surface area (Å²) in [5, 5.41) is 2.97. The zero-order valence-electron chi connectivity index (χ0n) is 18.0. The van der Waals surface area contributed by atoms with Gasteiger partial charge in [0.05, 0.1) is 27.4 Å². The quantitative estimate of drug-likeness (QED) is 0.656. The van der Waals surface area contributed by atoms with E-state index in [-0.39, 0.29) is 11.9 Å². The van der Waals surface area contributed by atoms with Crippen LogP contribution in [-0.4, -0.2) is 52.8 Å². The van der Waals surface area contributed by atoms with Crippen molar-refractivity contribution in [2.45, 2.75) is 13.0 Å². The van der Waals surface area contributed by atoms with Gasteiger partial charge in [-0.1, -0.05) is 29.8 Å². The van der Waals surface area contributed by atoms with Crippen molar-refractivity contribution in [3.8, 4) is 17.2 Å². The molecule has 156 valence electrons. The summed E-state index contributed by atoms with van der Waals surface area (Å²) in [5.74, 6) is 1.43. The molecule has 0 aromatic heterocycles. The third-order valence-corrected chi connectivity index (χ3v) is 4.67. The van der Waals surface area contributed by atoms with Crippen LogP contribution in [0.1, 0.15) is 22.7 Å². The van der Waals surface area contributed by atoms with Crippen LogP contribution in [0.15, 0.2) is 42.5 Å². The fourth-order valence-electron chi connectivity index (χ4n) is 3.01. The first kappa shape index (κ1) is 22.3. The molecule has 1 amide bonds. The molecule has 1 atom stereocenters. The van der Waals surface area contributed by atoms with Gasteiger partial charge in [0.2, 0.25) is 11.7 Å². The van der Waals surface area contributed by atoms with Crippen LogP contribution in [0.5, 0.6) is 17.2 Å². The Balaban J connectivity index is 2.07. The molecule has 1 N–H and O–H groups in total. The number of ether oxygens (including phenoxy) is 3. The van der Waals surface area contributed by atoms with E-state index in [0.717, 1.165) is 11.1 Å². The van der Waals surface area contributed by atoms with Gasteiger partial charge in [-0.25, -0.2) is 0 Å². The highest BCUT2D eigenvalue weighted by Crippen LogP contribution is 2.38. The zero-order valence-corrected chi connectivity index (χ0v) is 18.0. The number of amides is 1. The molecule has 1 unspecified atom stereocenters. The minimum absolute atomic E-state index is 0.0918. The normalized spacial score (nSPS) is 12.1. The molecule has 0 radical (unpaired) electrons. The number of aryl methyl sites for hydroxylation is 1. The van der Waals surface area contributed by atoms with Crippen molar-refractivity contribution >= 4 is 12.0 Å². The highest BCUT2D eigenvalue weighted by molar-refractivity contribution is 5.92. The van der Waals surface area contributed by atoms with E-state index in [1.165, 1.54) is 11.6 Å². The van der Waals surface area contributed by atoms with Gasteiger partial charge in [0.25, 0.3) is 0 Å². The lowest BCUT2D eigenvalue weighted by Crippen LogP contribution is -2.33. The van der Waals surface area contributed by atoms with Crippen molar-refractivity contribution in [2.75, 3.05) is 42.0 Å². The number of carbonyl (C=O) groups is 1. The zero-order chi connectivity index (χ0) is 21.4. The van der Waals surface area contributed by atoms with E-state index in [4.69, 9.17) is 14.2 Å². The molecule has 0 heterocycles. The highest BCUT2D eigenvalue weighted by Gasteiger charge is 2.15. The van der Waals surface area contributed by atoms with Crippen molar-refractivity contribution in [2.24, 2.45) is 0 Å². The Kier molecular flexibility index (Phi) is 8.09. The molecule has 2 aromatic carbocycles. The summed E-state index contributed by atoms with van der Waals surface area (Å²) in [6, 6.07) is 12.0. The molecule has 0 aliphatic carbocycles. The third-order valence-electron chi connectivity index (χ3n) is 4.67. The van der Waals surface area contributed by atoms with Crippen molar-refractivity contribution in [3.05, 3.63) is 59.2 Å². The second-order valence-electron chi connectivity index (χ2n) is 6.93. The minimum Gasteiger partial charge on any atom is -0.493 e. The topological polar surface area (TPSA) is 60.0 Å². The SMILES string of the molecule is COc1cc(/C=C/C(=O)NCC(c2ccc(C)cc2)N(C)C)cc(OC)c1OC. The average molecular weight is 399 g/mol. The molecule has 2 rings (SSSR count). The summed E-state index contributed by atoms with van der Waals surface area (Å²) in [5.41, 5.74) is 3.15. The first-order valence-electron chi connectivity index (χ1n) is 9.38. The van der Waals surface area contributed by atoms with Gasteiger partial charge in [-0.15, -0.1) is 0 Å². The van der Waals surface area contributed by atoms with E-state index in [2.05, 4.69) is 41.4 Å². The van der Waals surface area contributed by atoms with Crippen LogP contribution < -0.4 is 19.5 Å². The van der Waals surface area contributed by atoms with Crippen molar-refractivity contribution < 1.29 is 19.0 Å². The van der Waals surface area contributed by atoms with E-state index < -0.39 is 0 Å². The van der Waals surface area contributed by atoms with Crippen molar-refractivity contribution in [1.82, 2.24) is 10.2 Å². The van der Waals surface area contributed by atoms with Crippen LogP contribution in [0, 0.1) is 6.92 Å². The summed E-state index contributed by atoms with van der Waals surface area (Å²) in [4.78, 5) is 14.4. The Bertz CT molecular complexity index is 819. The van der Waals surface area contributed by atoms with E-state index in [0.29, 0.717) is 23.8 Å². The van der Waals surface area contributed by atoms with E-state index in [1.807, 2.05) is 14.1 Å². The number of methoxy groups -OCH3 is 3. The molecule has 29 heavy (non-hydrogen) atoms. The predicted octanol–water partition coefficient (Wildman–Crippen LogP) is 3.45. The number of hydrogen-bond donors (Lipinski definition) is 1. The molecule has 0 saturated carbocycles. The number of rotatable bonds is 9. The Morgan fingerprint density at radius 2 is 1.62 bits per heavy atom. The van der Waals surface area contributed by atoms with Gasteiger partial charge in [-0.2, -0.15) is 0 Å². The molecule has 0 bridgehead atoms. The van der Waals surface area contributed by atoms with Crippen LogP contribution in [-0.2, 0) is 4.79 Å². The highest BCUT2D eigenvalue weighted by atomic mass is 16.5. The number of benzene rings is 2. The third kappa shape index (κ3) is 5.99. The molecule has 2 aromatic rings. The summed E-state index contributed by atoms with van der Waals surface area (Å²) < 4.78 is 16.0. The molecular formula is C23H30N2O4. The lowest BCUT2D eigenvalue weighted by Gasteiger charge is -2.25. The Morgan fingerprint density at radius 3 is 2.10 bits per heavy atom. The van der Waals surface area contributed by atoms with Crippen molar-refractivity contribution in [1.29, 1.82) is 0 Å². The first-order chi connectivity index (χ1) is 13.9. The maximum atomic E-state index is 12.4. The van der Waals surface area contributed by atoms with E-state index in [9.17, 15) is 4.79 Å². The standard InChI is InChI=1S/C23H30N2O4/c1-16-7-10-18(11-8-16)19(25(2)3)15-24-22(26)12-9-17-13-20(27-4)23(29-6)21(14-17)28-5/h7-14,19H,15H2,1-6H3,(H,24,26)/b12-9+. The molecule has 6 heteroatoms. The molecule has 0 fully saturated rings. The number of likely N-dealkylation sites (N-methyl/N-ethyl adjacent to an activating group) is 1. The van der Waals surface area contributed by atoms with Gasteiger partial charge in [0, 0.05) is 12.6 Å². The summed E-state index contributed by atoms with van der Waals surface area (Å²) in [7, 11) is 8.68. The lowest BCUT2D eigenvalue weighted by atomic mass is 10.0. The Morgan fingerprint density at radius 1 is 1.03 bits per heavy atom. The van der Waals surface area contributed by atoms with Gasteiger partial charge in [0.1, 0.15) is 0 Å². The first-order valence-corrected chi connectivity index (χ1v) is 9.38. The molecule has 6 nitrogen and oxygen atoms in total. The maximum Gasteiger partial charge on any atom is 0.244 e. The molecular weight excluding hydrogens is 368 g/mol. The molecule has 0 aliphatic heterocycles. The molecule has 0 spiro atoms. The van der Waals surface area contributed by atoms with Crippen LogP contribution >= 0.6 is 0 Å². The Labute approximate surface area is 173 Å². The van der Waals surface area contributed by atoms with Crippen LogP contribution in [0.2, 0.25) is 0 Å². The summed E-state index contributed by atoms with van der Waals surface area (Å²) >= 11 is 0. The second-order valence-corrected chi connectivity index (χ2v) is 6.93. The van der Waals surface area contributed by atoms with Gasteiger partial charge < -0.3 is 24.4 Å². The fraction of sp³-hybridized carbons (Fsp3) is 0.348. The average Bonchev–Trinajstić information content (AvgIpc) is 2.72. The van der Waals surface area contributed by atoms with Crippen molar-refractivity contribution in [3.63, 3.8) is 0 Å². The Hall–Kier alpha value is -2.99. The second kappa shape index (κ2) is 10.5. The van der Waals surface area contributed by atoms with Gasteiger partial charge in [-0.05, 0) is 50.4 Å². The van der Waals surface area contributed by atoms with Gasteiger partial charge >= 0.3 is 0 Å². The number of hydrogen-bond acceptors (Lipinski definition) is 5. The predicted molar refractivity (Wildman–Crippen MR) is 116 cm³/mol. The smallest absolute Gasteiger partial charge is 0.244 e. The van der Waals surface area contributed by atoms with Crippen LogP contribution in [0.4, 0.5) is 0 Å². The van der Waals surface area contributed by atoms with Crippen LogP contribution in [0.3, 0.4) is 0 Å². The molecule has 0 aliphatic rings.